The molecule has 8 nitrogen and oxygen atoms in total. The van der Waals surface area contributed by atoms with Crippen LogP contribution in [0.4, 0.5) is 0 Å². The monoisotopic (exact) mass is 297 g/mol. The first kappa shape index (κ1) is 17.0. The molecule has 1 fully saturated rings. The summed E-state index contributed by atoms with van der Waals surface area (Å²) < 4.78 is 0. The Morgan fingerprint density at radius 2 is 2.14 bits per heavy atom. The van der Waals surface area contributed by atoms with Crippen LogP contribution in [0.2, 0.25) is 0 Å². The van der Waals surface area contributed by atoms with Gasteiger partial charge in [0.1, 0.15) is 5.54 Å². The van der Waals surface area contributed by atoms with Crippen molar-refractivity contribution in [2.24, 2.45) is 17.6 Å². The molecule has 0 heterocycles. The van der Waals surface area contributed by atoms with Crippen LogP contribution in [0.5, 0.6) is 0 Å². The molecule has 1 aliphatic carbocycles. The van der Waals surface area contributed by atoms with E-state index in [9.17, 15) is 19.5 Å². The Labute approximate surface area is 122 Å². The van der Waals surface area contributed by atoms with Crippen molar-refractivity contribution in [3.63, 3.8) is 0 Å². The van der Waals surface area contributed by atoms with Gasteiger partial charge in [0.15, 0.2) is 0 Å². The lowest BCUT2D eigenvalue weighted by Gasteiger charge is -2.19. The van der Waals surface area contributed by atoms with E-state index in [1.807, 2.05) is 13.8 Å². The normalized spacial score (nSPS) is 24.9. The molecule has 1 aliphatic rings. The highest BCUT2D eigenvalue weighted by Gasteiger charge is 2.62. The second-order valence-corrected chi connectivity index (χ2v) is 5.83. The zero-order valence-electron chi connectivity index (χ0n) is 12.1. The van der Waals surface area contributed by atoms with Crippen LogP contribution in [-0.4, -0.2) is 45.4 Å². The van der Waals surface area contributed by atoms with E-state index in [0.29, 0.717) is 6.42 Å². The summed E-state index contributed by atoms with van der Waals surface area (Å²) in [4.78, 5) is 37.6. The number of Topliss-reactive ketones (excluding diaryl/α,β-unsaturated/α-hetero) is 1. The highest BCUT2D eigenvalue weighted by Crippen LogP contribution is 2.46. The Morgan fingerprint density at radius 1 is 1.52 bits per heavy atom. The molecule has 0 saturated heterocycles. The molecule has 0 bridgehead atoms. The summed E-state index contributed by atoms with van der Waals surface area (Å²) in [6.07, 6.45) is 1.41. The minimum absolute atomic E-state index is 0.0611. The van der Waals surface area contributed by atoms with Crippen LogP contribution in [0.25, 0.3) is 0 Å². The van der Waals surface area contributed by atoms with Gasteiger partial charge in [-0.1, -0.05) is 13.8 Å². The van der Waals surface area contributed by atoms with E-state index in [2.05, 4.69) is 10.1 Å². The highest BCUT2D eigenvalue weighted by molar-refractivity contribution is 6.25. The number of carbonyl (C=O) groups excluding carboxylic acids is 2. The molecule has 0 aromatic rings. The van der Waals surface area contributed by atoms with Gasteiger partial charge in [-0.2, -0.15) is 0 Å². The molecule has 116 valence electrons. The van der Waals surface area contributed by atoms with Gasteiger partial charge in [-0.15, -0.1) is 0 Å². The zero-order valence-corrected chi connectivity index (χ0v) is 12.1. The minimum Gasteiger partial charge on any atom is -0.479 e. The number of amides is 1. The van der Waals surface area contributed by atoms with Crippen LogP contribution >= 0.6 is 0 Å². The van der Waals surface area contributed by atoms with E-state index >= 15 is 0 Å². The summed E-state index contributed by atoms with van der Waals surface area (Å²) in [5.41, 5.74) is 10.9. The summed E-state index contributed by atoms with van der Waals surface area (Å²) >= 11 is 0. The number of nitrogens with zero attached hydrogens (tertiary/aromatic N) is 1. The maximum Gasteiger partial charge on any atom is 0.372 e. The Kier molecular flexibility index (Phi) is 5.34. The molecule has 0 spiro atoms. The second-order valence-electron chi connectivity index (χ2n) is 5.83. The smallest absolute Gasteiger partial charge is 0.372 e. The van der Waals surface area contributed by atoms with Gasteiger partial charge in [0.2, 0.25) is 11.7 Å². The predicted molar refractivity (Wildman–Crippen MR) is 72.7 cm³/mol. The molecule has 8 heteroatoms. The maximum atomic E-state index is 12.0. The molecule has 5 N–H and O–H groups in total. The first-order chi connectivity index (χ1) is 9.72. The summed E-state index contributed by atoms with van der Waals surface area (Å²) in [6, 6.07) is -0.770. The summed E-state index contributed by atoms with van der Waals surface area (Å²) in [7, 11) is 0. The van der Waals surface area contributed by atoms with E-state index < -0.39 is 35.2 Å². The van der Waals surface area contributed by atoms with Gasteiger partial charge in [0, 0.05) is 12.3 Å². The fourth-order valence-electron chi connectivity index (χ4n) is 2.34. The van der Waals surface area contributed by atoms with Gasteiger partial charge in [-0.25, -0.2) is 4.79 Å². The largest absolute Gasteiger partial charge is 0.479 e. The quantitative estimate of drug-likeness (QED) is 0.273. The van der Waals surface area contributed by atoms with Crippen LogP contribution in [0, 0.1) is 17.4 Å². The van der Waals surface area contributed by atoms with Gasteiger partial charge < -0.3 is 16.2 Å². The number of aliphatic carboxylic acids is 1. The molecular formula is C13H21N4O4+. The summed E-state index contributed by atoms with van der Waals surface area (Å²) in [6.45, 7) is 3.83. The number of nitrogens with two attached hydrogens (primary N) is 1. The third-order valence-electron chi connectivity index (χ3n) is 3.55. The van der Waals surface area contributed by atoms with E-state index in [-0.39, 0.29) is 18.8 Å². The van der Waals surface area contributed by atoms with Crippen LogP contribution in [0.3, 0.4) is 0 Å². The lowest BCUT2D eigenvalue weighted by molar-refractivity contribution is -0.144. The first-order valence-electron chi connectivity index (χ1n) is 6.76. The van der Waals surface area contributed by atoms with E-state index in [0.717, 1.165) is 6.21 Å². The van der Waals surface area contributed by atoms with Crippen molar-refractivity contribution in [2.75, 3.05) is 0 Å². The minimum atomic E-state index is -1.42. The van der Waals surface area contributed by atoms with E-state index in [1.54, 1.807) is 0 Å². The topological polar surface area (TPSA) is 147 Å². The fraction of sp³-hybridized carbons (Fsp3) is 0.692. The van der Waals surface area contributed by atoms with Crippen molar-refractivity contribution < 1.29 is 24.3 Å². The number of hydrogen-bond donors (Lipinski definition) is 4. The van der Waals surface area contributed by atoms with Gasteiger partial charge in [0.05, 0.1) is 16.4 Å². The Bertz CT molecular complexity index is 498. The highest BCUT2D eigenvalue weighted by atomic mass is 16.4. The lowest BCUT2D eigenvalue weighted by Crippen LogP contribution is -2.51. The summed E-state index contributed by atoms with van der Waals surface area (Å²) in [5.74, 6) is -2.39. The third kappa shape index (κ3) is 4.21. The molecule has 3 atom stereocenters. The van der Waals surface area contributed by atoms with Gasteiger partial charge in [0.25, 0.3) is 0 Å². The molecule has 1 amide bonds. The molecule has 1 saturated carbocycles. The number of carboxylic acids is 1. The Hall–Kier alpha value is -2.05. The first-order valence-corrected chi connectivity index (χ1v) is 6.76. The van der Waals surface area contributed by atoms with Crippen LogP contribution in [0.15, 0.2) is 0 Å². The van der Waals surface area contributed by atoms with E-state index in [1.165, 1.54) is 0 Å². The number of carboxylic acid groups (broad SMARTS) is 1. The van der Waals surface area contributed by atoms with Gasteiger partial charge in [-0.05, 0) is 18.8 Å². The van der Waals surface area contributed by atoms with E-state index in [4.69, 9.17) is 11.3 Å². The van der Waals surface area contributed by atoms with Crippen molar-refractivity contribution in [2.45, 2.75) is 44.7 Å². The predicted octanol–water partition coefficient (Wildman–Crippen LogP) is -0.412. The van der Waals surface area contributed by atoms with Crippen molar-refractivity contribution in [3.8, 4) is 0 Å². The number of carbonyl (C=O) groups is 3. The fourth-order valence-corrected chi connectivity index (χ4v) is 2.34. The van der Waals surface area contributed by atoms with Crippen molar-refractivity contribution in [1.82, 2.24) is 5.32 Å². The molecule has 0 aliphatic heterocycles. The standard InChI is InChI=1S/C13H20N4O4/c1-7(2)3-10(14)11(19)17-13(12(20)21)5-8(13)4-9(18)6-16-15/h6-8,10,15H,3-5,14H2,1-2H3,(H-,17,19,20,21)/p+1/t8-,10+,13?/m1/s1. The maximum absolute atomic E-state index is 12.0. The van der Waals surface area contributed by atoms with Crippen LogP contribution < -0.4 is 11.1 Å². The molecule has 0 aromatic heterocycles. The molecule has 0 radical (unpaired) electrons. The van der Waals surface area contributed by atoms with Crippen LogP contribution in [0.1, 0.15) is 33.1 Å². The Morgan fingerprint density at radius 3 is 2.62 bits per heavy atom. The van der Waals surface area contributed by atoms with Crippen molar-refractivity contribution in [3.05, 3.63) is 0 Å². The lowest BCUT2D eigenvalue weighted by atomic mass is 10.0. The molecule has 1 rings (SSSR count). The average molecular weight is 297 g/mol. The van der Waals surface area contributed by atoms with Crippen molar-refractivity contribution >= 4 is 23.9 Å². The molecular weight excluding hydrogens is 276 g/mol. The van der Waals surface area contributed by atoms with Gasteiger partial charge in [-0.3, -0.25) is 9.59 Å². The van der Waals surface area contributed by atoms with Crippen molar-refractivity contribution in [1.29, 1.82) is 5.53 Å². The average Bonchev–Trinajstić information content (AvgIpc) is 3.02. The number of rotatable bonds is 8. The zero-order chi connectivity index (χ0) is 16.2. The number of nitrogens with one attached hydrogen (secondary N) is 2. The molecule has 1 unspecified atom stereocenters. The number of ketones is 1. The van der Waals surface area contributed by atoms with Gasteiger partial charge >= 0.3 is 12.2 Å². The molecule has 0 aromatic carbocycles. The SMILES string of the molecule is CC(C)C[C@H](N)C(=O)NC1(C(=O)O)C[C@H]1CC(=O)C=[N+]=N. The Balaban J connectivity index is 2.68. The third-order valence-corrected chi connectivity index (χ3v) is 3.55. The second kappa shape index (κ2) is 6.60. The summed E-state index contributed by atoms with van der Waals surface area (Å²) in [5, 5.41) is 11.8. The molecule has 21 heavy (non-hydrogen) atoms. The van der Waals surface area contributed by atoms with Crippen LogP contribution in [-0.2, 0) is 14.4 Å². The number of hydrogen-bond acceptors (Lipinski definition) is 5.